The van der Waals surface area contributed by atoms with Crippen molar-refractivity contribution in [2.45, 2.75) is 37.8 Å². The number of nitrogens with zero attached hydrogens (tertiary/aromatic N) is 2. The Morgan fingerprint density at radius 2 is 1.85 bits per heavy atom. The predicted molar refractivity (Wildman–Crippen MR) is 108 cm³/mol. The van der Waals surface area contributed by atoms with E-state index in [0.717, 1.165) is 17.7 Å². The van der Waals surface area contributed by atoms with Gasteiger partial charge in [-0.1, -0.05) is 74.1 Å². The molecule has 1 unspecified atom stereocenters. The summed E-state index contributed by atoms with van der Waals surface area (Å²) in [4.78, 5) is 12.2. The van der Waals surface area contributed by atoms with Gasteiger partial charge in [-0.15, -0.1) is 10.2 Å². The zero-order chi connectivity index (χ0) is 19.1. The molecule has 1 N–H and O–H groups in total. The molecule has 3 rings (SSSR count). The summed E-state index contributed by atoms with van der Waals surface area (Å²) in [6.45, 7) is 4.20. The normalized spacial score (nSPS) is 11.9. The van der Waals surface area contributed by atoms with E-state index < -0.39 is 0 Å². The number of aryl methyl sites for hydroxylation is 1. The predicted octanol–water partition coefficient (Wildman–Crippen LogP) is 4.71. The van der Waals surface area contributed by atoms with Crippen LogP contribution in [0, 0.1) is 0 Å². The summed E-state index contributed by atoms with van der Waals surface area (Å²) < 4.78 is 5.68. The van der Waals surface area contributed by atoms with Crippen LogP contribution < -0.4 is 5.32 Å². The third-order valence-electron chi connectivity index (χ3n) is 4.30. The number of carbonyl (C=O) groups is 1. The number of rotatable bonds is 8. The molecule has 0 aliphatic carbocycles. The minimum Gasteiger partial charge on any atom is -0.416 e. The molecule has 1 amide bonds. The topological polar surface area (TPSA) is 68.0 Å². The summed E-state index contributed by atoms with van der Waals surface area (Å²) in [7, 11) is 0. The molecule has 0 radical (unpaired) electrons. The Kier molecular flexibility index (Phi) is 6.65. The molecule has 0 bridgehead atoms. The summed E-state index contributed by atoms with van der Waals surface area (Å²) in [5, 5.41) is 11.5. The van der Waals surface area contributed by atoms with Gasteiger partial charge in [0.15, 0.2) is 0 Å². The maximum Gasteiger partial charge on any atom is 0.277 e. The van der Waals surface area contributed by atoms with Crippen molar-refractivity contribution < 1.29 is 9.21 Å². The Balaban J connectivity index is 1.51. The Labute approximate surface area is 163 Å². The average molecular weight is 382 g/mol. The number of thioether (sulfide) groups is 1. The van der Waals surface area contributed by atoms with Crippen molar-refractivity contribution in [1.82, 2.24) is 10.2 Å². The number of aromatic nitrogens is 2. The molecule has 3 aromatic rings. The van der Waals surface area contributed by atoms with Crippen LogP contribution in [0.1, 0.15) is 36.8 Å². The van der Waals surface area contributed by atoms with Crippen LogP contribution in [0.2, 0.25) is 0 Å². The van der Waals surface area contributed by atoms with E-state index in [-0.39, 0.29) is 11.7 Å². The quantitative estimate of drug-likeness (QED) is 0.572. The molecule has 5 nitrogen and oxygen atoms in total. The molecule has 0 aliphatic rings. The van der Waals surface area contributed by atoms with Crippen LogP contribution in [0.25, 0.3) is 0 Å². The summed E-state index contributed by atoms with van der Waals surface area (Å²) in [5.74, 6) is 1.02. The Hall–Kier alpha value is -2.60. The third-order valence-corrected chi connectivity index (χ3v) is 5.12. The molecule has 0 saturated heterocycles. The van der Waals surface area contributed by atoms with Gasteiger partial charge in [0.2, 0.25) is 11.8 Å². The van der Waals surface area contributed by atoms with E-state index in [1.54, 1.807) is 0 Å². The van der Waals surface area contributed by atoms with E-state index in [1.807, 2.05) is 42.5 Å². The summed E-state index contributed by atoms with van der Waals surface area (Å²) in [6.07, 6.45) is 1.55. The minimum absolute atomic E-state index is 0.0849. The first-order valence-corrected chi connectivity index (χ1v) is 10.0. The van der Waals surface area contributed by atoms with Crippen molar-refractivity contribution in [2.24, 2.45) is 0 Å². The van der Waals surface area contributed by atoms with E-state index >= 15 is 0 Å². The molecular weight excluding hydrogens is 358 g/mol. The highest BCUT2D eigenvalue weighted by Crippen LogP contribution is 2.23. The number of nitrogens with one attached hydrogen (secondary N) is 1. The first kappa shape index (κ1) is 19.2. The van der Waals surface area contributed by atoms with Crippen LogP contribution in [0.3, 0.4) is 0 Å². The van der Waals surface area contributed by atoms with Gasteiger partial charge < -0.3 is 9.73 Å². The van der Waals surface area contributed by atoms with Gasteiger partial charge in [-0.2, -0.15) is 0 Å². The lowest BCUT2D eigenvalue weighted by molar-refractivity contribution is -0.113. The fourth-order valence-corrected chi connectivity index (χ4v) is 3.38. The molecule has 0 spiro atoms. The molecule has 2 aromatic carbocycles. The lowest BCUT2D eigenvalue weighted by atomic mass is 9.98. The maximum absolute atomic E-state index is 12.2. The van der Waals surface area contributed by atoms with Gasteiger partial charge >= 0.3 is 0 Å². The Morgan fingerprint density at radius 1 is 1.11 bits per heavy atom. The molecular formula is C21H23N3O2S. The van der Waals surface area contributed by atoms with Gasteiger partial charge in [0.1, 0.15) is 0 Å². The third kappa shape index (κ3) is 5.44. The van der Waals surface area contributed by atoms with Gasteiger partial charge in [-0.3, -0.25) is 4.79 Å². The van der Waals surface area contributed by atoms with Gasteiger partial charge in [-0.25, -0.2) is 0 Å². The number of carbonyl (C=O) groups excluding carboxylic acids is 1. The second kappa shape index (κ2) is 9.37. The van der Waals surface area contributed by atoms with Crippen LogP contribution in [0.4, 0.5) is 5.69 Å². The molecule has 0 fully saturated rings. The summed E-state index contributed by atoms with van der Waals surface area (Å²) in [5.41, 5.74) is 3.21. The highest BCUT2D eigenvalue weighted by atomic mass is 32.2. The summed E-state index contributed by atoms with van der Waals surface area (Å²) in [6, 6.07) is 18.1. The fraction of sp³-hybridized carbons (Fsp3) is 0.286. The molecule has 0 saturated carbocycles. The highest BCUT2D eigenvalue weighted by molar-refractivity contribution is 7.99. The SMILES string of the molecule is CCc1ccccc1NC(=O)CSc1nnc(CC(C)c2ccccc2)o1. The van der Waals surface area contributed by atoms with E-state index in [0.29, 0.717) is 23.5 Å². The Morgan fingerprint density at radius 3 is 2.63 bits per heavy atom. The summed E-state index contributed by atoms with van der Waals surface area (Å²) >= 11 is 1.25. The molecule has 6 heteroatoms. The lowest BCUT2D eigenvalue weighted by Gasteiger charge is -2.09. The van der Waals surface area contributed by atoms with Crippen LogP contribution in [-0.4, -0.2) is 21.9 Å². The van der Waals surface area contributed by atoms with E-state index in [4.69, 9.17) is 4.42 Å². The molecule has 27 heavy (non-hydrogen) atoms. The van der Waals surface area contributed by atoms with E-state index in [2.05, 4.69) is 41.5 Å². The number of hydrogen-bond donors (Lipinski definition) is 1. The standard InChI is InChI=1S/C21H23N3O2S/c1-3-16-9-7-8-12-18(16)22-19(25)14-27-21-24-23-20(26-21)13-15(2)17-10-5-4-6-11-17/h4-12,15H,3,13-14H2,1-2H3,(H,22,25). The molecule has 1 aromatic heterocycles. The molecule has 1 atom stereocenters. The van der Waals surface area contributed by atoms with Gasteiger partial charge in [0.25, 0.3) is 5.22 Å². The van der Waals surface area contributed by atoms with Crippen molar-refractivity contribution in [3.8, 4) is 0 Å². The maximum atomic E-state index is 12.2. The molecule has 1 heterocycles. The monoisotopic (exact) mass is 381 g/mol. The van der Waals surface area contributed by atoms with Crippen molar-refractivity contribution in [1.29, 1.82) is 0 Å². The second-order valence-corrected chi connectivity index (χ2v) is 7.25. The minimum atomic E-state index is -0.0849. The number of benzene rings is 2. The van der Waals surface area contributed by atoms with Gasteiger partial charge in [0, 0.05) is 12.1 Å². The number of hydrogen-bond acceptors (Lipinski definition) is 5. The van der Waals surface area contributed by atoms with Gasteiger partial charge in [0.05, 0.1) is 5.75 Å². The zero-order valence-electron chi connectivity index (χ0n) is 15.5. The Bertz CT molecular complexity index is 880. The second-order valence-electron chi connectivity index (χ2n) is 6.33. The van der Waals surface area contributed by atoms with Crippen LogP contribution in [0.5, 0.6) is 0 Å². The fourth-order valence-electron chi connectivity index (χ4n) is 2.80. The van der Waals surface area contributed by atoms with E-state index in [9.17, 15) is 4.79 Å². The van der Waals surface area contributed by atoms with Crippen LogP contribution in [0.15, 0.2) is 64.2 Å². The first-order chi connectivity index (χ1) is 13.2. The molecule has 0 aliphatic heterocycles. The molecule has 140 valence electrons. The number of anilines is 1. The lowest BCUT2D eigenvalue weighted by Crippen LogP contribution is -2.15. The van der Waals surface area contributed by atoms with Crippen LogP contribution in [-0.2, 0) is 17.6 Å². The van der Waals surface area contributed by atoms with Crippen molar-refractivity contribution in [3.05, 3.63) is 71.6 Å². The number of amides is 1. The highest BCUT2D eigenvalue weighted by Gasteiger charge is 2.14. The van der Waals surface area contributed by atoms with Crippen molar-refractivity contribution >= 4 is 23.4 Å². The first-order valence-electron chi connectivity index (χ1n) is 9.03. The number of para-hydroxylation sites is 1. The van der Waals surface area contributed by atoms with Crippen molar-refractivity contribution in [2.75, 3.05) is 11.1 Å². The zero-order valence-corrected chi connectivity index (χ0v) is 16.3. The van der Waals surface area contributed by atoms with E-state index in [1.165, 1.54) is 17.3 Å². The average Bonchev–Trinajstić information content (AvgIpc) is 3.15. The van der Waals surface area contributed by atoms with Crippen molar-refractivity contribution in [3.63, 3.8) is 0 Å². The van der Waals surface area contributed by atoms with Crippen LogP contribution >= 0.6 is 11.8 Å². The largest absolute Gasteiger partial charge is 0.416 e. The smallest absolute Gasteiger partial charge is 0.277 e. The van der Waals surface area contributed by atoms with Gasteiger partial charge in [-0.05, 0) is 29.5 Å².